The normalized spacial score (nSPS) is 18.2. The van der Waals surface area contributed by atoms with Crippen LogP contribution in [0.2, 0.25) is 0 Å². The fourth-order valence-electron chi connectivity index (χ4n) is 5.16. The minimum Gasteiger partial charge on any atom is -0.390 e. The second kappa shape index (κ2) is 8.83. The van der Waals surface area contributed by atoms with Crippen molar-refractivity contribution < 1.29 is 9.90 Å². The third-order valence-electron chi connectivity index (χ3n) is 6.66. The third-order valence-corrected chi connectivity index (χ3v) is 6.66. The number of aliphatic hydroxyl groups is 1. The van der Waals surface area contributed by atoms with Crippen molar-refractivity contribution in [2.24, 2.45) is 0 Å². The summed E-state index contributed by atoms with van der Waals surface area (Å²) >= 11 is 0. The molecule has 1 atom stereocenters. The number of aryl methyl sites for hydroxylation is 1. The zero-order valence-electron chi connectivity index (χ0n) is 19.5. The number of nitrogens with one attached hydrogen (secondary N) is 2. The zero-order chi connectivity index (χ0) is 22.9. The van der Waals surface area contributed by atoms with Crippen LogP contribution in [0.1, 0.15) is 23.4 Å². The smallest absolute Gasteiger partial charge is 0.220 e. The standard InChI is InChI=1S/C22H30B4N4O2/c23-21(24)11-14-5-1-2-6-16(14)22(25,26)30(21)13-15(31)12-27-20(32)10-9-19-28-17-7-3-4-8-18(17)29-19/h1-8,15,31H,9-13,23-26H2,(H,27,32)(H,28,29)/t15-/m0/s1. The van der Waals surface area contributed by atoms with Crippen LogP contribution in [0.3, 0.4) is 0 Å². The topological polar surface area (TPSA) is 81.2 Å². The van der Waals surface area contributed by atoms with Crippen molar-refractivity contribution in [3.8, 4) is 0 Å². The number of hydrogen-bond acceptors (Lipinski definition) is 4. The maximum absolute atomic E-state index is 12.4. The Hall–Kier alpha value is -2.44. The number of fused-ring (bicyclic) bond motifs is 2. The number of nitrogens with zero attached hydrogens (tertiary/aromatic N) is 2. The first-order valence-corrected chi connectivity index (χ1v) is 11.4. The second-order valence-electron chi connectivity index (χ2n) is 9.97. The molecule has 0 saturated heterocycles. The maximum atomic E-state index is 12.4. The second-order valence-corrected chi connectivity index (χ2v) is 9.97. The SMILES string of the molecule is BC1(B)Cc2ccccc2C(B)(B)N1C[C@@H](O)CNC(=O)CCc1nc2ccccc2[nH]1. The van der Waals surface area contributed by atoms with Gasteiger partial charge < -0.3 is 20.3 Å². The van der Waals surface area contributed by atoms with Crippen LogP contribution >= 0.6 is 0 Å². The lowest BCUT2D eigenvalue weighted by Gasteiger charge is -2.55. The average molecular weight is 426 g/mol. The summed E-state index contributed by atoms with van der Waals surface area (Å²) in [6, 6.07) is 16.4. The molecule has 2 heterocycles. The Morgan fingerprint density at radius 2 is 1.88 bits per heavy atom. The largest absolute Gasteiger partial charge is 0.390 e. The lowest BCUT2D eigenvalue weighted by Crippen LogP contribution is -2.67. The Balaban J connectivity index is 1.32. The minimum absolute atomic E-state index is 0.0768. The number of amides is 1. The number of β-amino-alcohol motifs (C(OH)–C–C–N with tert-alkyl or cyclic N) is 1. The number of rotatable bonds is 7. The van der Waals surface area contributed by atoms with Crippen LogP contribution in [0.5, 0.6) is 0 Å². The van der Waals surface area contributed by atoms with Crippen molar-refractivity contribution in [3.63, 3.8) is 0 Å². The number of H-pyrrole nitrogens is 1. The molecule has 3 aromatic rings. The van der Waals surface area contributed by atoms with Gasteiger partial charge in [-0.15, -0.1) is 0 Å². The van der Waals surface area contributed by atoms with Gasteiger partial charge in [0.15, 0.2) is 0 Å². The van der Waals surface area contributed by atoms with E-state index in [9.17, 15) is 9.90 Å². The van der Waals surface area contributed by atoms with E-state index >= 15 is 0 Å². The van der Waals surface area contributed by atoms with E-state index in [1.54, 1.807) is 0 Å². The van der Waals surface area contributed by atoms with E-state index in [-0.39, 0.29) is 23.1 Å². The van der Waals surface area contributed by atoms with Crippen molar-refractivity contribution >= 4 is 48.3 Å². The van der Waals surface area contributed by atoms with Crippen LogP contribution in [0.25, 0.3) is 11.0 Å². The summed E-state index contributed by atoms with van der Waals surface area (Å²) in [5, 5.41) is 13.4. The molecule has 10 heteroatoms. The average Bonchev–Trinajstić information content (AvgIpc) is 3.16. The summed E-state index contributed by atoms with van der Waals surface area (Å²) in [6.45, 7) is 0.738. The first-order chi connectivity index (χ1) is 15.2. The number of aromatic nitrogens is 2. The molecule has 2 aromatic carbocycles. The van der Waals surface area contributed by atoms with Gasteiger partial charge in [0.2, 0.25) is 5.91 Å². The molecule has 0 unspecified atom stereocenters. The Morgan fingerprint density at radius 3 is 2.66 bits per heavy atom. The molecule has 3 N–H and O–H groups in total. The molecule has 0 radical (unpaired) electrons. The van der Waals surface area contributed by atoms with Gasteiger partial charge in [-0.25, -0.2) is 4.98 Å². The maximum Gasteiger partial charge on any atom is 0.220 e. The van der Waals surface area contributed by atoms with Gasteiger partial charge >= 0.3 is 0 Å². The van der Waals surface area contributed by atoms with E-state index in [1.807, 2.05) is 24.3 Å². The van der Waals surface area contributed by atoms with Gasteiger partial charge in [-0.3, -0.25) is 4.79 Å². The number of carbonyl (C=O) groups is 1. The molecule has 0 bridgehead atoms. The van der Waals surface area contributed by atoms with Crippen molar-refractivity contribution in [2.75, 3.05) is 13.1 Å². The quantitative estimate of drug-likeness (QED) is 0.376. The van der Waals surface area contributed by atoms with Crippen molar-refractivity contribution in [2.45, 2.75) is 36.0 Å². The molecule has 1 amide bonds. The molecule has 1 aliphatic heterocycles. The van der Waals surface area contributed by atoms with Crippen molar-refractivity contribution in [1.29, 1.82) is 0 Å². The van der Waals surface area contributed by atoms with Gasteiger partial charge in [-0.05, 0) is 40.4 Å². The minimum atomic E-state index is -0.644. The van der Waals surface area contributed by atoms with Crippen molar-refractivity contribution in [1.82, 2.24) is 20.2 Å². The van der Waals surface area contributed by atoms with Crippen LogP contribution < -0.4 is 5.32 Å². The molecule has 162 valence electrons. The Kier molecular flexibility index (Phi) is 6.28. The Bertz CT molecular complexity index is 1090. The molecule has 6 nitrogen and oxygen atoms in total. The lowest BCUT2D eigenvalue weighted by atomic mass is 9.45. The molecule has 0 spiro atoms. The highest BCUT2D eigenvalue weighted by molar-refractivity contribution is 6.44. The van der Waals surface area contributed by atoms with Gasteiger partial charge in [0.05, 0.1) is 17.1 Å². The summed E-state index contributed by atoms with van der Waals surface area (Å²) in [5.74, 6) is 0.726. The van der Waals surface area contributed by atoms with E-state index < -0.39 is 6.10 Å². The van der Waals surface area contributed by atoms with Gasteiger partial charge in [0.1, 0.15) is 37.2 Å². The fourth-order valence-corrected chi connectivity index (χ4v) is 5.16. The molecular formula is C22H30B4N4O2. The van der Waals surface area contributed by atoms with E-state index in [0.717, 1.165) is 23.3 Å². The van der Waals surface area contributed by atoms with E-state index in [2.05, 4.69) is 75.8 Å². The summed E-state index contributed by atoms with van der Waals surface area (Å²) in [6.07, 6.45) is 1.16. The van der Waals surface area contributed by atoms with Crippen LogP contribution in [-0.2, 0) is 23.0 Å². The molecule has 0 saturated carbocycles. The molecule has 4 rings (SSSR count). The fraction of sp³-hybridized carbons (Fsp3) is 0.364. The first kappa shape index (κ1) is 22.7. The van der Waals surface area contributed by atoms with Gasteiger partial charge in [0.25, 0.3) is 0 Å². The van der Waals surface area contributed by atoms with Gasteiger partial charge in [-0.1, -0.05) is 36.4 Å². The van der Waals surface area contributed by atoms with Crippen molar-refractivity contribution in [3.05, 3.63) is 65.5 Å². The highest BCUT2D eigenvalue weighted by Gasteiger charge is 2.44. The number of aliphatic hydroxyl groups excluding tert-OH is 1. The molecule has 0 aliphatic carbocycles. The van der Waals surface area contributed by atoms with E-state index in [4.69, 9.17) is 0 Å². The lowest BCUT2D eigenvalue weighted by molar-refractivity contribution is -0.121. The number of hydrogen-bond donors (Lipinski definition) is 3. The van der Waals surface area contributed by atoms with Crippen LogP contribution in [-0.4, -0.2) is 81.8 Å². The third kappa shape index (κ3) is 4.66. The zero-order valence-corrected chi connectivity index (χ0v) is 19.5. The Labute approximate surface area is 193 Å². The van der Waals surface area contributed by atoms with E-state index in [0.29, 0.717) is 19.4 Å². The van der Waals surface area contributed by atoms with E-state index in [1.165, 1.54) is 11.1 Å². The molecular weight excluding hydrogens is 396 g/mol. The summed E-state index contributed by atoms with van der Waals surface area (Å²) in [5.41, 5.74) is 4.56. The van der Waals surface area contributed by atoms with Crippen LogP contribution in [0.15, 0.2) is 48.5 Å². The molecule has 1 aliphatic rings. The molecule has 1 aromatic heterocycles. The highest BCUT2D eigenvalue weighted by atomic mass is 16.3. The van der Waals surface area contributed by atoms with Crippen LogP contribution in [0, 0.1) is 0 Å². The van der Waals surface area contributed by atoms with Crippen LogP contribution in [0.4, 0.5) is 0 Å². The molecule has 0 fully saturated rings. The molecule has 32 heavy (non-hydrogen) atoms. The Morgan fingerprint density at radius 1 is 1.16 bits per heavy atom. The number of para-hydroxylation sites is 2. The summed E-state index contributed by atoms with van der Waals surface area (Å²) in [4.78, 5) is 22.5. The number of aromatic amines is 1. The predicted molar refractivity (Wildman–Crippen MR) is 139 cm³/mol. The number of carbonyl (C=O) groups excluding carboxylic acids is 1. The summed E-state index contributed by atoms with van der Waals surface area (Å²) < 4.78 is 0. The predicted octanol–water partition coefficient (Wildman–Crippen LogP) is -2.17. The number of imidazole rings is 1. The number of benzene rings is 2. The summed E-state index contributed by atoms with van der Waals surface area (Å²) in [7, 11) is 8.88. The monoisotopic (exact) mass is 426 g/mol. The first-order valence-electron chi connectivity index (χ1n) is 11.4. The van der Waals surface area contributed by atoms with Gasteiger partial charge in [-0.2, -0.15) is 0 Å². The van der Waals surface area contributed by atoms with Gasteiger partial charge in [0, 0.05) is 25.9 Å². The highest BCUT2D eigenvalue weighted by Crippen LogP contribution is 2.36.